The van der Waals surface area contributed by atoms with Crippen molar-refractivity contribution in [2.75, 3.05) is 0 Å². The zero-order valence-electron chi connectivity index (χ0n) is 12.0. The average molecular weight is 243 g/mol. The Bertz CT molecular complexity index is 439. The maximum atomic E-state index is 5.43. The molecule has 1 heteroatoms. The fourth-order valence-corrected chi connectivity index (χ4v) is 2.16. The molecule has 98 valence electrons. The van der Waals surface area contributed by atoms with Gasteiger partial charge in [0, 0.05) is 0 Å². The molecular weight excluding hydrogens is 218 g/mol. The van der Waals surface area contributed by atoms with E-state index < -0.39 is 0 Å². The Kier molecular flexibility index (Phi) is 5.70. The standard InChI is InChI=1S/C17H25N/c1-5-7-15(8-6-11-18)17-10-9-16(13(2)3)12-14(17)4/h6,8-13H,5,7,18H2,1-4H3/b11-6-,15-8+. The smallest absolute Gasteiger partial charge is 0.00623 e. The third-order valence-electron chi connectivity index (χ3n) is 3.19. The van der Waals surface area contributed by atoms with Gasteiger partial charge in [0.05, 0.1) is 0 Å². The van der Waals surface area contributed by atoms with E-state index in [1.807, 2.05) is 6.08 Å². The van der Waals surface area contributed by atoms with E-state index in [4.69, 9.17) is 5.73 Å². The van der Waals surface area contributed by atoms with Crippen LogP contribution in [0.1, 0.15) is 56.2 Å². The van der Waals surface area contributed by atoms with Crippen LogP contribution in [0.25, 0.3) is 5.57 Å². The van der Waals surface area contributed by atoms with Crippen LogP contribution in [0, 0.1) is 6.92 Å². The van der Waals surface area contributed by atoms with E-state index >= 15 is 0 Å². The van der Waals surface area contributed by atoms with Crippen molar-refractivity contribution < 1.29 is 0 Å². The molecule has 1 nitrogen and oxygen atoms in total. The molecule has 2 N–H and O–H groups in total. The van der Waals surface area contributed by atoms with Crippen LogP contribution >= 0.6 is 0 Å². The number of hydrogen-bond donors (Lipinski definition) is 1. The fraction of sp³-hybridized carbons (Fsp3) is 0.412. The van der Waals surface area contributed by atoms with Crippen molar-refractivity contribution in [3.63, 3.8) is 0 Å². The highest BCUT2D eigenvalue weighted by Crippen LogP contribution is 2.26. The van der Waals surface area contributed by atoms with Gasteiger partial charge in [-0.3, -0.25) is 0 Å². The van der Waals surface area contributed by atoms with Gasteiger partial charge in [-0.25, -0.2) is 0 Å². The minimum atomic E-state index is 0.584. The summed E-state index contributed by atoms with van der Waals surface area (Å²) in [5, 5.41) is 0. The molecule has 0 fully saturated rings. The maximum absolute atomic E-state index is 5.43. The van der Waals surface area contributed by atoms with Crippen molar-refractivity contribution in [3.05, 3.63) is 53.2 Å². The summed E-state index contributed by atoms with van der Waals surface area (Å²) in [6.45, 7) is 8.86. The Labute approximate surface area is 111 Å². The van der Waals surface area contributed by atoms with Crippen LogP contribution < -0.4 is 5.73 Å². The summed E-state index contributed by atoms with van der Waals surface area (Å²) >= 11 is 0. The number of aryl methyl sites for hydroxylation is 1. The maximum Gasteiger partial charge on any atom is -0.00623 e. The molecular formula is C17H25N. The lowest BCUT2D eigenvalue weighted by molar-refractivity contribution is 0.864. The number of allylic oxidation sites excluding steroid dienone is 3. The summed E-state index contributed by atoms with van der Waals surface area (Å²) in [6.07, 6.45) is 7.87. The van der Waals surface area contributed by atoms with Crippen LogP contribution in [-0.2, 0) is 0 Å². The van der Waals surface area contributed by atoms with Crippen molar-refractivity contribution in [2.24, 2.45) is 5.73 Å². The molecule has 0 spiro atoms. The highest BCUT2D eigenvalue weighted by molar-refractivity contribution is 5.69. The van der Waals surface area contributed by atoms with E-state index in [0.717, 1.165) is 12.8 Å². The number of rotatable bonds is 5. The van der Waals surface area contributed by atoms with E-state index in [2.05, 4.69) is 52.0 Å². The van der Waals surface area contributed by atoms with Gasteiger partial charge >= 0.3 is 0 Å². The molecule has 0 saturated heterocycles. The highest BCUT2D eigenvalue weighted by Gasteiger charge is 2.06. The Morgan fingerprint density at radius 2 is 2.06 bits per heavy atom. The molecule has 0 atom stereocenters. The van der Waals surface area contributed by atoms with Crippen LogP contribution in [0.3, 0.4) is 0 Å². The number of hydrogen-bond acceptors (Lipinski definition) is 1. The second kappa shape index (κ2) is 7.05. The molecule has 0 aliphatic heterocycles. The van der Waals surface area contributed by atoms with E-state index in [0.29, 0.717) is 5.92 Å². The van der Waals surface area contributed by atoms with Gasteiger partial charge in [-0.2, -0.15) is 0 Å². The first kappa shape index (κ1) is 14.6. The Balaban J connectivity index is 3.13. The zero-order chi connectivity index (χ0) is 13.5. The minimum absolute atomic E-state index is 0.584. The van der Waals surface area contributed by atoms with Gasteiger partial charge in [0.2, 0.25) is 0 Å². The van der Waals surface area contributed by atoms with Crippen molar-refractivity contribution in [1.29, 1.82) is 0 Å². The average Bonchev–Trinajstić information content (AvgIpc) is 2.34. The monoisotopic (exact) mass is 243 g/mol. The lowest BCUT2D eigenvalue weighted by Gasteiger charge is -2.13. The van der Waals surface area contributed by atoms with Crippen LogP contribution in [0.5, 0.6) is 0 Å². The molecule has 0 aliphatic carbocycles. The molecule has 1 rings (SSSR count). The third-order valence-corrected chi connectivity index (χ3v) is 3.19. The van der Waals surface area contributed by atoms with Gasteiger partial charge in [0.1, 0.15) is 0 Å². The first-order valence-corrected chi connectivity index (χ1v) is 6.78. The van der Waals surface area contributed by atoms with Crippen molar-refractivity contribution in [1.82, 2.24) is 0 Å². The van der Waals surface area contributed by atoms with E-state index in [9.17, 15) is 0 Å². The summed E-state index contributed by atoms with van der Waals surface area (Å²) in [5.74, 6) is 0.584. The molecule has 0 aliphatic rings. The summed E-state index contributed by atoms with van der Waals surface area (Å²) in [5.41, 5.74) is 10.9. The summed E-state index contributed by atoms with van der Waals surface area (Å²) in [4.78, 5) is 0. The third kappa shape index (κ3) is 3.76. The number of benzene rings is 1. The first-order chi connectivity index (χ1) is 8.60. The molecule has 0 aromatic heterocycles. The predicted molar refractivity (Wildman–Crippen MR) is 81.5 cm³/mol. The van der Waals surface area contributed by atoms with Gasteiger partial charge in [-0.1, -0.05) is 51.5 Å². The largest absolute Gasteiger partial charge is 0.405 e. The molecule has 0 radical (unpaired) electrons. The lowest BCUT2D eigenvalue weighted by Crippen LogP contribution is -1.94. The molecule has 0 unspecified atom stereocenters. The van der Waals surface area contributed by atoms with Crippen molar-refractivity contribution in [2.45, 2.75) is 46.5 Å². The topological polar surface area (TPSA) is 26.0 Å². The quantitative estimate of drug-likeness (QED) is 0.740. The Morgan fingerprint density at radius 1 is 1.33 bits per heavy atom. The molecule has 0 bridgehead atoms. The summed E-state index contributed by atoms with van der Waals surface area (Å²) < 4.78 is 0. The van der Waals surface area contributed by atoms with Gasteiger partial charge in [0.25, 0.3) is 0 Å². The van der Waals surface area contributed by atoms with Crippen LogP contribution in [0.4, 0.5) is 0 Å². The van der Waals surface area contributed by atoms with Crippen LogP contribution in [0.15, 0.2) is 36.6 Å². The summed E-state index contributed by atoms with van der Waals surface area (Å²) in [6, 6.07) is 6.79. The van der Waals surface area contributed by atoms with Crippen molar-refractivity contribution in [3.8, 4) is 0 Å². The molecule has 1 aromatic rings. The van der Waals surface area contributed by atoms with E-state index in [-0.39, 0.29) is 0 Å². The molecule has 18 heavy (non-hydrogen) atoms. The lowest BCUT2D eigenvalue weighted by atomic mass is 9.92. The molecule has 0 heterocycles. The molecule has 1 aromatic carbocycles. The van der Waals surface area contributed by atoms with Crippen LogP contribution in [-0.4, -0.2) is 0 Å². The molecule has 0 amide bonds. The van der Waals surface area contributed by atoms with Gasteiger partial charge in [0.15, 0.2) is 0 Å². The zero-order valence-corrected chi connectivity index (χ0v) is 12.0. The second-order valence-electron chi connectivity index (χ2n) is 5.06. The Hall–Kier alpha value is -1.50. The van der Waals surface area contributed by atoms with Gasteiger partial charge < -0.3 is 5.73 Å². The van der Waals surface area contributed by atoms with Crippen molar-refractivity contribution >= 4 is 5.57 Å². The molecule has 0 saturated carbocycles. The fourth-order valence-electron chi connectivity index (χ4n) is 2.16. The Morgan fingerprint density at radius 3 is 2.56 bits per heavy atom. The van der Waals surface area contributed by atoms with Gasteiger partial charge in [-0.05, 0) is 53.8 Å². The number of nitrogens with two attached hydrogens (primary N) is 1. The predicted octanol–water partition coefficient (Wildman–Crippen LogP) is 4.77. The minimum Gasteiger partial charge on any atom is -0.405 e. The second-order valence-corrected chi connectivity index (χ2v) is 5.06. The normalized spacial score (nSPS) is 12.6. The first-order valence-electron chi connectivity index (χ1n) is 6.78. The van der Waals surface area contributed by atoms with Crippen LogP contribution in [0.2, 0.25) is 0 Å². The summed E-state index contributed by atoms with van der Waals surface area (Å²) in [7, 11) is 0. The van der Waals surface area contributed by atoms with E-state index in [1.54, 1.807) is 6.20 Å². The van der Waals surface area contributed by atoms with E-state index in [1.165, 1.54) is 22.3 Å². The SMILES string of the molecule is CCC/C(=C\C=C/N)c1ccc(C(C)C)cc1C. The van der Waals surface area contributed by atoms with Gasteiger partial charge in [-0.15, -0.1) is 0 Å². The highest BCUT2D eigenvalue weighted by atomic mass is 14.5.